The van der Waals surface area contributed by atoms with Crippen molar-refractivity contribution in [3.63, 3.8) is 0 Å². The van der Waals surface area contributed by atoms with Gasteiger partial charge in [-0.05, 0) is 18.4 Å². The first-order chi connectivity index (χ1) is 7.98. The molecule has 0 aromatic heterocycles. The summed E-state index contributed by atoms with van der Waals surface area (Å²) in [6.45, 7) is 0.507. The lowest BCUT2D eigenvalue weighted by molar-refractivity contribution is 0.261. The fraction of sp³-hybridized carbons (Fsp3) is 0.500. The lowest BCUT2D eigenvalue weighted by Crippen LogP contribution is -2.40. The number of rotatable bonds is 2. The van der Waals surface area contributed by atoms with Crippen LogP contribution in [0.25, 0.3) is 0 Å². The van der Waals surface area contributed by atoms with Crippen LogP contribution in [0.1, 0.15) is 24.4 Å². The van der Waals surface area contributed by atoms with Gasteiger partial charge in [0.2, 0.25) is 10.0 Å². The van der Waals surface area contributed by atoms with Crippen molar-refractivity contribution in [2.75, 3.05) is 12.8 Å². The first kappa shape index (κ1) is 12.9. The highest BCUT2D eigenvalue weighted by Crippen LogP contribution is 2.34. The Kier molecular flexibility index (Phi) is 3.76. The monoisotopic (exact) mass is 273 g/mol. The zero-order valence-electron chi connectivity index (χ0n) is 9.71. The second-order valence-electron chi connectivity index (χ2n) is 4.42. The van der Waals surface area contributed by atoms with Gasteiger partial charge in [0.05, 0.1) is 12.3 Å². The van der Waals surface area contributed by atoms with Crippen molar-refractivity contribution in [2.24, 2.45) is 0 Å². The van der Waals surface area contributed by atoms with Gasteiger partial charge in [-0.2, -0.15) is 4.31 Å². The van der Waals surface area contributed by atoms with E-state index in [9.17, 15) is 8.42 Å². The second-order valence-corrected chi connectivity index (χ2v) is 6.97. The minimum atomic E-state index is -3.17. The minimum Gasteiger partial charge on any atom is -0.212 e. The second kappa shape index (κ2) is 4.96. The van der Waals surface area contributed by atoms with Crippen LogP contribution in [0.5, 0.6) is 0 Å². The molecule has 3 nitrogen and oxygen atoms in total. The Morgan fingerprint density at radius 2 is 1.94 bits per heavy atom. The van der Waals surface area contributed by atoms with E-state index in [2.05, 4.69) is 0 Å². The normalized spacial score (nSPS) is 26.9. The van der Waals surface area contributed by atoms with Gasteiger partial charge >= 0.3 is 0 Å². The molecule has 5 heteroatoms. The van der Waals surface area contributed by atoms with Crippen LogP contribution in [0.4, 0.5) is 0 Å². The molecule has 1 heterocycles. The number of hydrogen-bond donors (Lipinski definition) is 0. The SMILES string of the molecule is CS(=O)(=O)N1CC[C@H](Cl)C[C@H]1c1ccccc1. The fourth-order valence-electron chi connectivity index (χ4n) is 2.28. The molecule has 94 valence electrons. The van der Waals surface area contributed by atoms with Crippen LogP contribution in [-0.4, -0.2) is 30.9 Å². The summed E-state index contributed by atoms with van der Waals surface area (Å²) >= 11 is 6.16. The van der Waals surface area contributed by atoms with Crippen LogP contribution >= 0.6 is 11.6 Å². The van der Waals surface area contributed by atoms with Crippen molar-refractivity contribution in [1.82, 2.24) is 4.31 Å². The largest absolute Gasteiger partial charge is 0.212 e. The molecule has 0 spiro atoms. The van der Waals surface area contributed by atoms with Crippen LogP contribution in [0.2, 0.25) is 0 Å². The Labute approximate surface area is 107 Å². The van der Waals surface area contributed by atoms with Crippen molar-refractivity contribution in [2.45, 2.75) is 24.3 Å². The summed E-state index contributed by atoms with van der Waals surface area (Å²) in [5, 5.41) is 0.0539. The van der Waals surface area contributed by atoms with Gasteiger partial charge < -0.3 is 0 Å². The Hall–Kier alpha value is -0.580. The van der Waals surface area contributed by atoms with Gasteiger partial charge in [0.25, 0.3) is 0 Å². The van der Waals surface area contributed by atoms with Gasteiger partial charge in [0.1, 0.15) is 0 Å². The summed E-state index contributed by atoms with van der Waals surface area (Å²) in [5.74, 6) is 0. The molecule has 0 amide bonds. The number of benzene rings is 1. The summed E-state index contributed by atoms with van der Waals surface area (Å²) in [6.07, 6.45) is 2.66. The fourth-order valence-corrected chi connectivity index (χ4v) is 3.65. The number of nitrogens with zero attached hydrogens (tertiary/aromatic N) is 1. The van der Waals surface area contributed by atoms with Crippen molar-refractivity contribution in [3.05, 3.63) is 35.9 Å². The van der Waals surface area contributed by atoms with Gasteiger partial charge in [-0.15, -0.1) is 11.6 Å². The van der Waals surface area contributed by atoms with E-state index < -0.39 is 10.0 Å². The molecular weight excluding hydrogens is 258 g/mol. The van der Waals surface area contributed by atoms with Gasteiger partial charge in [0, 0.05) is 11.9 Å². The molecule has 0 radical (unpaired) electrons. The molecule has 1 aliphatic heterocycles. The first-order valence-corrected chi connectivity index (χ1v) is 7.93. The van der Waals surface area contributed by atoms with Crippen molar-refractivity contribution >= 4 is 21.6 Å². The van der Waals surface area contributed by atoms with Crippen molar-refractivity contribution < 1.29 is 8.42 Å². The molecule has 1 aliphatic rings. The third-order valence-electron chi connectivity index (χ3n) is 3.10. The maximum Gasteiger partial charge on any atom is 0.211 e. The summed E-state index contributed by atoms with van der Waals surface area (Å²) in [5.41, 5.74) is 1.02. The highest BCUT2D eigenvalue weighted by molar-refractivity contribution is 7.88. The molecule has 0 N–H and O–H groups in total. The molecular formula is C12H16ClNO2S. The summed E-state index contributed by atoms with van der Waals surface area (Å²) in [4.78, 5) is 0. The number of halogens is 1. The van der Waals surface area contributed by atoms with Gasteiger partial charge in [-0.25, -0.2) is 8.42 Å². The molecule has 1 aromatic carbocycles. The zero-order valence-corrected chi connectivity index (χ0v) is 11.3. The maximum atomic E-state index is 11.8. The molecule has 1 saturated heterocycles. The predicted molar refractivity (Wildman–Crippen MR) is 69.6 cm³/mol. The highest BCUT2D eigenvalue weighted by Gasteiger charge is 2.33. The maximum absolute atomic E-state index is 11.8. The summed E-state index contributed by atoms with van der Waals surface area (Å²) < 4.78 is 25.1. The molecule has 0 bridgehead atoms. The molecule has 0 aliphatic carbocycles. The minimum absolute atomic E-state index is 0.0539. The number of alkyl halides is 1. The van der Waals surface area contributed by atoms with E-state index >= 15 is 0 Å². The highest BCUT2D eigenvalue weighted by atomic mass is 35.5. The van der Waals surface area contributed by atoms with E-state index in [1.54, 1.807) is 4.31 Å². The van der Waals surface area contributed by atoms with Gasteiger partial charge in [0.15, 0.2) is 0 Å². The van der Waals surface area contributed by atoms with Crippen LogP contribution in [0.3, 0.4) is 0 Å². The molecule has 1 fully saturated rings. The Balaban J connectivity index is 2.33. The average Bonchev–Trinajstić information content (AvgIpc) is 2.28. The van der Waals surface area contributed by atoms with E-state index in [4.69, 9.17) is 11.6 Å². The van der Waals surface area contributed by atoms with Crippen LogP contribution in [-0.2, 0) is 10.0 Å². The van der Waals surface area contributed by atoms with Gasteiger partial charge in [-0.3, -0.25) is 0 Å². The summed E-state index contributed by atoms with van der Waals surface area (Å²) in [6, 6.07) is 9.56. The third kappa shape index (κ3) is 3.00. The Bertz CT molecular complexity index is 475. The molecule has 1 aromatic rings. The number of hydrogen-bond acceptors (Lipinski definition) is 2. The first-order valence-electron chi connectivity index (χ1n) is 5.64. The Morgan fingerprint density at radius 3 is 2.53 bits per heavy atom. The smallest absolute Gasteiger partial charge is 0.211 e. The molecule has 2 rings (SSSR count). The lowest BCUT2D eigenvalue weighted by atomic mass is 9.97. The van der Waals surface area contributed by atoms with Crippen LogP contribution in [0, 0.1) is 0 Å². The molecule has 0 unspecified atom stereocenters. The van der Waals surface area contributed by atoms with E-state index in [1.165, 1.54) is 6.26 Å². The molecule has 0 saturated carbocycles. The third-order valence-corrected chi connectivity index (χ3v) is 4.79. The number of piperidine rings is 1. The molecule has 2 atom stereocenters. The van der Waals surface area contributed by atoms with Crippen LogP contribution < -0.4 is 0 Å². The lowest BCUT2D eigenvalue weighted by Gasteiger charge is -2.36. The average molecular weight is 274 g/mol. The van der Waals surface area contributed by atoms with Gasteiger partial charge in [-0.1, -0.05) is 30.3 Å². The quantitative estimate of drug-likeness (QED) is 0.776. The van der Waals surface area contributed by atoms with Crippen molar-refractivity contribution in [3.8, 4) is 0 Å². The van der Waals surface area contributed by atoms with Crippen molar-refractivity contribution in [1.29, 1.82) is 0 Å². The topological polar surface area (TPSA) is 37.4 Å². The zero-order chi connectivity index (χ0) is 12.5. The Morgan fingerprint density at radius 1 is 1.29 bits per heavy atom. The predicted octanol–water partition coefficient (Wildman–Crippen LogP) is 2.39. The number of sulfonamides is 1. The van der Waals surface area contributed by atoms with E-state index in [0.29, 0.717) is 13.0 Å². The van der Waals surface area contributed by atoms with E-state index in [0.717, 1.165) is 12.0 Å². The summed E-state index contributed by atoms with van der Waals surface area (Å²) in [7, 11) is -3.17. The standard InChI is InChI=1S/C12H16ClNO2S/c1-17(15,16)14-8-7-11(13)9-12(14)10-5-3-2-4-6-10/h2-6,11-12H,7-9H2,1H3/t11-,12-/m0/s1. The molecule has 17 heavy (non-hydrogen) atoms. The van der Waals surface area contributed by atoms with Crippen LogP contribution in [0.15, 0.2) is 30.3 Å². The van der Waals surface area contributed by atoms with E-state index in [1.807, 2.05) is 30.3 Å². The van der Waals surface area contributed by atoms with E-state index in [-0.39, 0.29) is 11.4 Å².